The fraction of sp³-hybridized carbons (Fsp3) is 0.529. The van der Waals surface area contributed by atoms with Crippen molar-refractivity contribution in [3.8, 4) is 6.07 Å². The number of carbonyl (C=O) groups is 1. The van der Waals surface area contributed by atoms with E-state index >= 15 is 0 Å². The molecule has 1 amide bonds. The molecule has 0 spiro atoms. The summed E-state index contributed by atoms with van der Waals surface area (Å²) < 4.78 is 5.30. The first-order valence-electron chi connectivity index (χ1n) is 8.48. The molecule has 0 saturated heterocycles. The Labute approximate surface area is 150 Å². The number of H-pyrrole nitrogens is 1. The number of nitrogens with one attached hydrogen (secondary N) is 1. The van der Waals surface area contributed by atoms with E-state index in [4.69, 9.17) is 9.68 Å². The van der Waals surface area contributed by atoms with Crippen LogP contribution in [0.2, 0.25) is 0 Å². The third-order valence-corrected chi connectivity index (χ3v) is 5.15. The van der Waals surface area contributed by atoms with Crippen LogP contribution in [-0.4, -0.2) is 38.3 Å². The number of amides is 1. The molecule has 25 heavy (non-hydrogen) atoms. The first-order valence-corrected chi connectivity index (χ1v) is 9.47. The lowest BCUT2D eigenvalue weighted by molar-refractivity contribution is -0.129. The van der Waals surface area contributed by atoms with E-state index in [0.29, 0.717) is 36.3 Å². The minimum absolute atomic E-state index is 0.0520. The van der Waals surface area contributed by atoms with Gasteiger partial charge in [0.1, 0.15) is 11.6 Å². The lowest BCUT2D eigenvalue weighted by Crippen LogP contribution is -2.32. The maximum absolute atomic E-state index is 12.5. The monoisotopic (exact) mass is 359 g/mol. The number of thioether (sulfide) groups is 1. The molecule has 132 valence electrons. The van der Waals surface area contributed by atoms with Gasteiger partial charge in [-0.3, -0.25) is 9.89 Å². The SMILES string of the molecule is N#CCCN(Cc1ccco1)C(=O)CSc1n[nH]c(C2CCCC2)n1. The molecule has 0 aliphatic heterocycles. The molecular formula is C17H21N5O2S. The van der Waals surface area contributed by atoms with Crippen molar-refractivity contribution in [1.29, 1.82) is 5.26 Å². The number of carbonyl (C=O) groups excluding carboxylic acids is 1. The Morgan fingerprint density at radius 3 is 3.04 bits per heavy atom. The molecule has 7 nitrogen and oxygen atoms in total. The van der Waals surface area contributed by atoms with Crippen LogP contribution in [0, 0.1) is 11.3 Å². The van der Waals surface area contributed by atoms with Gasteiger partial charge in [-0.1, -0.05) is 24.6 Å². The molecule has 1 aliphatic rings. The molecule has 3 rings (SSSR count). The second-order valence-corrected chi connectivity index (χ2v) is 7.02. The molecule has 1 N–H and O–H groups in total. The Bertz CT molecular complexity index is 716. The minimum atomic E-state index is -0.0520. The molecule has 2 aromatic rings. The van der Waals surface area contributed by atoms with Gasteiger partial charge < -0.3 is 9.32 Å². The molecule has 1 aliphatic carbocycles. The maximum atomic E-state index is 12.5. The van der Waals surface area contributed by atoms with Crippen molar-refractivity contribution >= 4 is 17.7 Å². The lowest BCUT2D eigenvalue weighted by atomic mass is 10.1. The summed E-state index contributed by atoms with van der Waals surface area (Å²) in [5, 5.41) is 16.6. The molecule has 2 heterocycles. The van der Waals surface area contributed by atoms with Crippen LogP contribution in [0.25, 0.3) is 0 Å². The van der Waals surface area contributed by atoms with Crippen LogP contribution in [0.15, 0.2) is 28.0 Å². The normalized spacial score (nSPS) is 14.5. The largest absolute Gasteiger partial charge is 0.467 e. The number of rotatable bonds is 8. The molecule has 2 aromatic heterocycles. The molecule has 8 heteroatoms. The Balaban J connectivity index is 1.54. The number of hydrogen-bond donors (Lipinski definition) is 1. The summed E-state index contributed by atoms with van der Waals surface area (Å²) in [7, 11) is 0. The quantitative estimate of drug-likeness (QED) is 0.727. The summed E-state index contributed by atoms with van der Waals surface area (Å²) >= 11 is 1.32. The van der Waals surface area contributed by atoms with E-state index in [2.05, 4.69) is 21.3 Å². The Kier molecular flexibility index (Phi) is 6.12. The van der Waals surface area contributed by atoms with E-state index in [9.17, 15) is 4.79 Å². The van der Waals surface area contributed by atoms with E-state index in [1.807, 2.05) is 6.07 Å². The summed E-state index contributed by atoms with van der Waals surface area (Å²) in [6.45, 7) is 0.757. The van der Waals surface area contributed by atoms with E-state index in [0.717, 1.165) is 18.7 Å². The molecule has 0 aromatic carbocycles. The smallest absolute Gasteiger partial charge is 0.233 e. The van der Waals surface area contributed by atoms with Gasteiger partial charge in [0.15, 0.2) is 0 Å². The van der Waals surface area contributed by atoms with Crippen LogP contribution in [0.1, 0.15) is 49.6 Å². The van der Waals surface area contributed by atoms with Crippen molar-refractivity contribution in [3.63, 3.8) is 0 Å². The first kappa shape index (κ1) is 17.5. The number of aromatic nitrogens is 3. The van der Waals surface area contributed by atoms with E-state index in [1.54, 1.807) is 17.2 Å². The highest BCUT2D eigenvalue weighted by Crippen LogP contribution is 2.32. The average Bonchev–Trinajstić information content (AvgIpc) is 3.38. The second kappa shape index (κ2) is 8.72. The highest BCUT2D eigenvalue weighted by Gasteiger charge is 2.21. The van der Waals surface area contributed by atoms with Crippen LogP contribution in [0.5, 0.6) is 0 Å². The number of furan rings is 1. The fourth-order valence-electron chi connectivity index (χ4n) is 2.99. The highest BCUT2D eigenvalue weighted by molar-refractivity contribution is 7.99. The maximum Gasteiger partial charge on any atom is 0.233 e. The van der Waals surface area contributed by atoms with Gasteiger partial charge in [-0.25, -0.2) is 4.98 Å². The van der Waals surface area contributed by atoms with Crippen LogP contribution in [0.4, 0.5) is 0 Å². The third kappa shape index (κ3) is 4.86. The van der Waals surface area contributed by atoms with Crippen molar-refractivity contribution in [2.24, 2.45) is 0 Å². The predicted molar refractivity (Wildman–Crippen MR) is 92.7 cm³/mol. The molecule has 1 saturated carbocycles. The Morgan fingerprint density at radius 1 is 1.48 bits per heavy atom. The van der Waals surface area contributed by atoms with Gasteiger partial charge in [-0.2, -0.15) is 5.26 Å². The Hall–Kier alpha value is -2.27. The summed E-state index contributed by atoms with van der Waals surface area (Å²) in [4.78, 5) is 18.7. The summed E-state index contributed by atoms with van der Waals surface area (Å²) in [6, 6.07) is 5.69. The van der Waals surface area contributed by atoms with Crippen molar-refractivity contribution in [1.82, 2.24) is 20.1 Å². The molecular weight excluding hydrogens is 338 g/mol. The van der Waals surface area contributed by atoms with E-state index in [1.165, 1.54) is 24.6 Å². The van der Waals surface area contributed by atoms with E-state index in [-0.39, 0.29) is 11.7 Å². The van der Waals surface area contributed by atoms with Crippen molar-refractivity contribution in [2.75, 3.05) is 12.3 Å². The second-order valence-electron chi connectivity index (χ2n) is 6.08. The zero-order valence-electron chi connectivity index (χ0n) is 14.0. The standard InChI is InChI=1S/C17H21N5O2S/c18-8-4-9-22(11-14-7-3-10-24-14)15(23)12-25-17-19-16(20-21-17)13-5-1-2-6-13/h3,7,10,13H,1-2,4-6,9,11-12H2,(H,19,20,21). The van der Waals surface area contributed by atoms with Crippen molar-refractivity contribution < 1.29 is 9.21 Å². The third-order valence-electron chi connectivity index (χ3n) is 4.32. The highest BCUT2D eigenvalue weighted by atomic mass is 32.2. The van der Waals surface area contributed by atoms with Crippen molar-refractivity contribution in [2.45, 2.75) is 49.7 Å². The lowest BCUT2D eigenvalue weighted by Gasteiger charge is -2.19. The van der Waals surface area contributed by atoms with Gasteiger partial charge in [-0.05, 0) is 25.0 Å². The number of hydrogen-bond acceptors (Lipinski definition) is 6. The molecule has 0 bridgehead atoms. The zero-order valence-corrected chi connectivity index (χ0v) is 14.8. The van der Waals surface area contributed by atoms with Crippen LogP contribution in [-0.2, 0) is 11.3 Å². The van der Waals surface area contributed by atoms with E-state index < -0.39 is 0 Å². The number of nitriles is 1. The van der Waals surface area contributed by atoms with Crippen LogP contribution < -0.4 is 0 Å². The van der Waals surface area contributed by atoms with Crippen LogP contribution >= 0.6 is 11.8 Å². The topological polar surface area (TPSA) is 98.8 Å². The van der Waals surface area contributed by atoms with Gasteiger partial charge in [0.2, 0.25) is 11.1 Å². The first-order chi connectivity index (χ1) is 12.3. The van der Waals surface area contributed by atoms with Crippen LogP contribution in [0.3, 0.4) is 0 Å². The predicted octanol–water partition coefficient (Wildman–Crippen LogP) is 3.09. The van der Waals surface area contributed by atoms with Gasteiger partial charge >= 0.3 is 0 Å². The summed E-state index contributed by atoms with van der Waals surface area (Å²) in [5.41, 5.74) is 0. The van der Waals surface area contributed by atoms with Crippen molar-refractivity contribution in [3.05, 3.63) is 30.0 Å². The number of aromatic amines is 1. The fourth-order valence-corrected chi connectivity index (χ4v) is 3.70. The minimum Gasteiger partial charge on any atom is -0.467 e. The van der Waals surface area contributed by atoms with Gasteiger partial charge in [0, 0.05) is 12.5 Å². The van der Waals surface area contributed by atoms with Gasteiger partial charge in [0.25, 0.3) is 0 Å². The summed E-state index contributed by atoms with van der Waals surface area (Å²) in [6.07, 6.45) is 6.67. The zero-order chi connectivity index (χ0) is 17.5. The molecule has 0 atom stereocenters. The van der Waals surface area contributed by atoms with Gasteiger partial charge in [-0.15, -0.1) is 5.10 Å². The van der Waals surface area contributed by atoms with Gasteiger partial charge in [0.05, 0.1) is 31.1 Å². The summed E-state index contributed by atoms with van der Waals surface area (Å²) in [5.74, 6) is 2.31. The number of nitrogens with zero attached hydrogens (tertiary/aromatic N) is 4. The average molecular weight is 359 g/mol. The Morgan fingerprint density at radius 2 is 2.32 bits per heavy atom. The molecule has 0 radical (unpaired) electrons. The molecule has 0 unspecified atom stereocenters. The molecule has 1 fully saturated rings.